The Labute approximate surface area is 124 Å². The number of halogens is 1. The Hall–Kier alpha value is -2.75. The van der Waals surface area contributed by atoms with Crippen LogP contribution in [0, 0.1) is 10.1 Å². The van der Waals surface area contributed by atoms with Crippen molar-refractivity contribution in [2.75, 3.05) is 0 Å². The Morgan fingerprint density at radius 2 is 1.71 bits per heavy atom. The summed E-state index contributed by atoms with van der Waals surface area (Å²) in [6, 6.07) is 1.25. The van der Waals surface area contributed by atoms with E-state index in [1.165, 1.54) is 6.07 Å². The Balaban J connectivity index is 2.55. The van der Waals surface area contributed by atoms with Crippen LogP contribution < -0.4 is 15.7 Å². The average molecular weight is 355 g/mol. The maximum atomic E-state index is 11.9. The van der Waals surface area contributed by atoms with Crippen molar-refractivity contribution in [3.05, 3.63) is 37.9 Å². The highest BCUT2D eigenvalue weighted by Crippen LogP contribution is 2.32. The molecule has 1 aromatic carbocycles. The van der Waals surface area contributed by atoms with Gasteiger partial charge in [0, 0.05) is 10.5 Å². The number of urea groups is 1. The number of nitrogens with zero attached hydrogens (tertiary/aromatic N) is 1. The molecule has 1 fully saturated rings. The number of carbonyl (C=O) groups is 3. The number of amides is 4. The van der Waals surface area contributed by atoms with Crippen LogP contribution in [0.2, 0.25) is 0 Å². The number of nitro groups is 1. The van der Waals surface area contributed by atoms with Crippen LogP contribution >= 0.6 is 15.9 Å². The molecule has 1 saturated heterocycles. The molecule has 1 aliphatic heterocycles. The van der Waals surface area contributed by atoms with Gasteiger partial charge in [0.1, 0.15) is 5.57 Å². The first kappa shape index (κ1) is 14.7. The highest BCUT2D eigenvalue weighted by atomic mass is 79.9. The van der Waals surface area contributed by atoms with Crippen LogP contribution in [-0.4, -0.2) is 22.8 Å². The summed E-state index contributed by atoms with van der Waals surface area (Å²) >= 11 is 2.99. The van der Waals surface area contributed by atoms with Gasteiger partial charge in [-0.3, -0.25) is 30.3 Å². The number of carbonyl (C=O) groups excluding carboxylic acids is 3. The Kier molecular flexibility index (Phi) is 3.72. The van der Waals surface area contributed by atoms with Crippen LogP contribution in [0.1, 0.15) is 5.56 Å². The molecule has 0 saturated carbocycles. The van der Waals surface area contributed by atoms with E-state index in [2.05, 4.69) is 15.9 Å². The standard InChI is InChI=1S/C11H6BrN3O6/c12-5-1-4(8(16)7(3-5)15(20)21)2-6-9(17)13-11(19)14-10(6)18/h1-3,16H,(H2,13,14,17,18,19)/p-1. The molecule has 108 valence electrons. The van der Waals surface area contributed by atoms with Crippen molar-refractivity contribution in [3.8, 4) is 5.75 Å². The zero-order chi connectivity index (χ0) is 15.7. The maximum absolute atomic E-state index is 11.9. The van der Waals surface area contributed by atoms with E-state index < -0.39 is 39.8 Å². The van der Waals surface area contributed by atoms with Crippen molar-refractivity contribution < 1.29 is 24.4 Å². The number of barbiturate groups is 1. The topological polar surface area (TPSA) is 141 Å². The summed E-state index contributed by atoms with van der Waals surface area (Å²) < 4.78 is 0.230. The lowest BCUT2D eigenvalue weighted by molar-refractivity contribution is -0.398. The lowest BCUT2D eigenvalue weighted by atomic mass is 10.1. The fourth-order valence-corrected chi connectivity index (χ4v) is 2.07. The molecule has 2 rings (SSSR count). The van der Waals surface area contributed by atoms with E-state index in [-0.39, 0.29) is 10.0 Å². The summed E-state index contributed by atoms with van der Waals surface area (Å²) in [4.78, 5) is 43.8. The molecule has 2 N–H and O–H groups in total. The quantitative estimate of drug-likeness (QED) is 0.335. The first-order chi connectivity index (χ1) is 9.79. The molecule has 1 aliphatic rings. The van der Waals surface area contributed by atoms with Gasteiger partial charge < -0.3 is 5.11 Å². The van der Waals surface area contributed by atoms with Gasteiger partial charge >= 0.3 is 6.03 Å². The van der Waals surface area contributed by atoms with Crippen LogP contribution in [0.3, 0.4) is 0 Å². The van der Waals surface area contributed by atoms with Gasteiger partial charge in [-0.1, -0.05) is 15.9 Å². The van der Waals surface area contributed by atoms with Gasteiger partial charge in [0.15, 0.2) is 0 Å². The zero-order valence-electron chi connectivity index (χ0n) is 10.0. The summed E-state index contributed by atoms with van der Waals surface area (Å²) in [6.45, 7) is 0. The molecular weight excluding hydrogens is 350 g/mol. The first-order valence-electron chi connectivity index (χ1n) is 5.33. The normalized spacial score (nSPS) is 14.5. The van der Waals surface area contributed by atoms with E-state index in [9.17, 15) is 29.6 Å². The number of nitrogens with one attached hydrogen (secondary N) is 2. The van der Waals surface area contributed by atoms with Gasteiger partial charge in [-0.25, -0.2) is 4.79 Å². The molecule has 21 heavy (non-hydrogen) atoms. The summed E-state index contributed by atoms with van der Waals surface area (Å²) in [6.07, 6.45) is 0.886. The van der Waals surface area contributed by atoms with E-state index in [0.29, 0.717) is 0 Å². The van der Waals surface area contributed by atoms with Crippen molar-refractivity contribution in [2.24, 2.45) is 0 Å². The van der Waals surface area contributed by atoms with Crippen molar-refractivity contribution >= 4 is 45.5 Å². The largest absolute Gasteiger partial charge is 0.867 e. The van der Waals surface area contributed by atoms with Crippen molar-refractivity contribution in [1.29, 1.82) is 0 Å². The molecule has 0 atom stereocenters. The number of imide groups is 2. The molecule has 4 amide bonds. The minimum atomic E-state index is -0.995. The predicted octanol–water partition coefficient (Wildman–Crippen LogP) is 0.180. The smallest absolute Gasteiger partial charge is 0.328 e. The monoisotopic (exact) mass is 354 g/mol. The van der Waals surface area contributed by atoms with Crippen molar-refractivity contribution in [2.45, 2.75) is 0 Å². The summed E-state index contributed by atoms with van der Waals surface area (Å²) in [5, 5.41) is 26.3. The second-order valence-corrected chi connectivity index (χ2v) is 4.81. The molecule has 10 heteroatoms. The minimum Gasteiger partial charge on any atom is -0.867 e. The van der Waals surface area contributed by atoms with E-state index in [4.69, 9.17) is 0 Å². The fraction of sp³-hybridized carbons (Fsp3) is 0. The molecule has 0 radical (unpaired) electrons. The SMILES string of the molecule is O=C1NC(=O)C(=Cc2cc(Br)cc([N+](=O)[O-])c2[O-])C(=O)N1. The molecule has 0 bridgehead atoms. The number of rotatable bonds is 2. The Morgan fingerprint density at radius 1 is 1.14 bits per heavy atom. The number of hydrogen-bond acceptors (Lipinski definition) is 6. The highest BCUT2D eigenvalue weighted by Gasteiger charge is 2.28. The zero-order valence-corrected chi connectivity index (χ0v) is 11.6. The van der Waals surface area contributed by atoms with Crippen LogP contribution in [0.25, 0.3) is 6.08 Å². The molecule has 0 aromatic heterocycles. The van der Waals surface area contributed by atoms with Gasteiger partial charge in [-0.05, 0) is 23.5 Å². The third-order valence-electron chi connectivity index (χ3n) is 2.50. The molecule has 0 aliphatic carbocycles. The first-order valence-corrected chi connectivity index (χ1v) is 6.12. The van der Waals surface area contributed by atoms with Crippen LogP contribution in [0.4, 0.5) is 10.5 Å². The molecule has 9 nitrogen and oxygen atoms in total. The van der Waals surface area contributed by atoms with Gasteiger partial charge in [0.2, 0.25) is 0 Å². The summed E-state index contributed by atoms with van der Waals surface area (Å²) in [5.74, 6) is -2.94. The Bertz CT molecular complexity index is 705. The molecule has 1 heterocycles. The molecular formula is C11H5BrN3O6-. The molecule has 1 aromatic rings. The van der Waals surface area contributed by atoms with Gasteiger partial charge in [-0.2, -0.15) is 0 Å². The van der Waals surface area contributed by atoms with Crippen molar-refractivity contribution in [1.82, 2.24) is 10.6 Å². The lowest BCUT2D eigenvalue weighted by Crippen LogP contribution is -2.51. The van der Waals surface area contributed by atoms with Gasteiger partial charge in [-0.15, -0.1) is 0 Å². The third-order valence-corrected chi connectivity index (χ3v) is 2.96. The van der Waals surface area contributed by atoms with Gasteiger partial charge in [0.25, 0.3) is 17.5 Å². The van der Waals surface area contributed by atoms with Crippen molar-refractivity contribution in [3.63, 3.8) is 0 Å². The highest BCUT2D eigenvalue weighted by molar-refractivity contribution is 9.10. The average Bonchev–Trinajstić information content (AvgIpc) is 2.36. The van der Waals surface area contributed by atoms with Gasteiger partial charge in [0.05, 0.1) is 4.92 Å². The number of nitro benzene ring substituents is 1. The molecule has 0 unspecified atom stereocenters. The lowest BCUT2D eigenvalue weighted by Gasteiger charge is -2.16. The fourth-order valence-electron chi connectivity index (χ4n) is 1.60. The number of hydrogen-bond donors (Lipinski definition) is 2. The second kappa shape index (κ2) is 5.32. The predicted molar refractivity (Wildman–Crippen MR) is 69.9 cm³/mol. The second-order valence-electron chi connectivity index (χ2n) is 3.90. The minimum absolute atomic E-state index is 0.230. The van der Waals surface area contributed by atoms with Crippen LogP contribution in [0.15, 0.2) is 22.2 Å². The van der Waals surface area contributed by atoms with Crippen LogP contribution in [-0.2, 0) is 9.59 Å². The van der Waals surface area contributed by atoms with Crippen LogP contribution in [0.5, 0.6) is 5.75 Å². The Morgan fingerprint density at radius 3 is 2.24 bits per heavy atom. The maximum Gasteiger partial charge on any atom is 0.328 e. The summed E-state index contributed by atoms with van der Waals surface area (Å²) in [7, 11) is 0. The van der Waals surface area contributed by atoms with E-state index in [0.717, 1.165) is 12.1 Å². The third kappa shape index (κ3) is 2.89. The van der Waals surface area contributed by atoms with E-state index >= 15 is 0 Å². The summed E-state index contributed by atoms with van der Waals surface area (Å²) in [5.41, 5.74) is -1.44. The molecule has 0 spiro atoms. The van der Waals surface area contributed by atoms with E-state index in [1.54, 1.807) is 0 Å². The number of benzene rings is 1. The van der Waals surface area contributed by atoms with E-state index in [1.807, 2.05) is 10.6 Å².